The van der Waals surface area contributed by atoms with Crippen LogP contribution < -0.4 is 19.1 Å². The zero-order chi connectivity index (χ0) is 47.0. The number of anilines is 1. The van der Waals surface area contributed by atoms with Crippen LogP contribution in [0.25, 0.3) is 0 Å². The van der Waals surface area contributed by atoms with Crippen LogP contribution in [0.1, 0.15) is 99.3 Å². The molecule has 354 valence electrons. The molecule has 3 aliphatic carbocycles. The van der Waals surface area contributed by atoms with Gasteiger partial charge in [-0.3, -0.25) is 0 Å². The maximum absolute atomic E-state index is 14.5. The second-order valence-electron chi connectivity index (χ2n) is 20.5. The van der Waals surface area contributed by atoms with E-state index in [0.717, 1.165) is 90.7 Å². The van der Waals surface area contributed by atoms with Crippen molar-refractivity contribution in [2.45, 2.75) is 103 Å². The van der Waals surface area contributed by atoms with Crippen molar-refractivity contribution in [3.8, 4) is 17.2 Å². The molecule has 8 rings (SSSR count). The van der Waals surface area contributed by atoms with E-state index in [-0.39, 0.29) is 53.6 Å². The van der Waals surface area contributed by atoms with Crippen molar-refractivity contribution in [1.29, 1.82) is 0 Å². The van der Waals surface area contributed by atoms with Crippen LogP contribution >= 0.6 is 11.6 Å². The van der Waals surface area contributed by atoms with Gasteiger partial charge in [0.2, 0.25) is 10.0 Å². The molecular weight excluding hydrogens is 872 g/mol. The third kappa shape index (κ3) is 10.3. The fourth-order valence-electron chi connectivity index (χ4n) is 10.7. The summed E-state index contributed by atoms with van der Waals surface area (Å²) in [5.41, 5.74) is 5.82. The van der Waals surface area contributed by atoms with Crippen LogP contribution in [-0.4, -0.2) is 77.2 Å². The fourth-order valence-corrected chi connectivity index (χ4v) is 12.9. The molecule has 0 unspecified atom stereocenters. The van der Waals surface area contributed by atoms with Crippen molar-refractivity contribution in [2.24, 2.45) is 23.2 Å². The lowest BCUT2D eigenvalue weighted by Crippen LogP contribution is -2.51. The highest BCUT2D eigenvalue weighted by Crippen LogP contribution is 2.52. The Morgan fingerprint density at radius 2 is 1.58 bits per heavy atom. The minimum Gasteiger partial charge on any atom is -0.497 e. The summed E-state index contributed by atoms with van der Waals surface area (Å²) in [4.78, 5) is 15.9. The predicted octanol–water partition coefficient (Wildman–Crippen LogP) is 10.8. The molecule has 10 nitrogen and oxygen atoms in total. The molecule has 12 heteroatoms. The predicted molar refractivity (Wildman–Crippen MR) is 261 cm³/mol. The Morgan fingerprint density at radius 1 is 0.924 bits per heavy atom. The number of carbonyl (C=O) groups excluding carboxylic acids is 1. The number of ether oxygens (including phenoxy) is 5. The number of esters is 1. The molecule has 1 aliphatic heterocycles. The van der Waals surface area contributed by atoms with E-state index < -0.39 is 15.6 Å². The maximum atomic E-state index is 14.5. The molecule has 1 saturated carbocycles. The summed E-state index contributed by atoms with van der Waals surface area (Å²) in [6.45, 7) is 12.5. The highest BCUT2D eigenvalue weighted by Gasteiger charge is 2.49. The number of hydrogen-bond donors (Lipinski definition) is 0. The number of carbonyl (C=O) groups is 1. The summed E-state index contributed by atoms with van der Waals surface area (Å²) in [6.07, 6.45) is 8.09. The Kier molecular flexibility index (Phi) is 14.0. The summed E-state index contributed by atoms with van der Waals surface area (Å²) in [7, 11) is 1.34. The van der Waals surface area contributed by atoms with Crippen molar-refractivity contribution in [3.05, 3.63) is 129 Å². The molecule has 1 fully saturated rings. The van der Waals surface area contributed by atoms with Gasteiger partial charge >= 0.3 is 5.97 Å². The normalized spacial score (nSPS) is 23.5. The largest absolute Gasteiger partial charge is 0.497 e. The number of aryl methyl sites for hydroxylation is 1. The molecule has 0 amide bonds. The number of hydrogen-bond acceptors (Lipinski definition) is 9. The highest BCUT2D eigenvalue weighted by atomic mass is 35.5. The van der Waals surface area contributed by atoms with E-state index in [9.17, 15) is 13.2 Å². The van der Waals surface area contributed by atoms with E-state index in [1.807, 2.05) is 101 Å². The summed E-state index contributed by atoms with van der Waals surface area (Å²) in [6, 6.07) is 27.2. The maximum Gasteiger partial charge on any atom is 0.338 e. The first-order valence-corrected chi connectivity index (χ1v) is 25.4. The molecule has 4 aromatic rings. The van der Waals surface area contributed by atoms with Crippen molar-refractivity contribution in [2.75, 3.05) is 51.7 Å². The number of nitrogens with zero attached hydrogens (tertiary/aromatic N) is 2. The third-order valence-corrected chi connectivity index (χ3v) is 16.9. The molecule has 4 aliphatic rings. The molecule has 0 aromatic heterocycles. The fraction of sp³-hybridized carbons (Fsp3) is 0.500. The summed E-state index contributed by atoms with van der Waals surface area (Å²) < 4.78 is 60.2. The van der Waals surface area contributed by atoms with Crippen LogP contribution in [0.4, 0.5) is 5.69 Å². The molecular formula is C54H67ClN2O8S. The second kappa shape index (κ2) is 19.2. The first-order chi connectivity index (χ1) is 31.4. The molecule has 66 heavy (non-hydrogen) atoms. The summed E-state index contributed by atoms with van der Waals surface area (Å²) in [5, 5.41) is 0.749. The van der Waals surface area contributed by atoms with Gasteiger partial charge in [0, 0.05) is 43.7 Å². The molecule has 1 heterocycles. The van der Waals surface area contributed by atoms with E-state index in [4.69, 9.17) is 35.3 Å². The van der Waals surface area contributed by atoms with E-state index in [0.29, 0.717) is 18.1 Å². The zero-order valence-electron chi connectivity index (χ0n) is 39.9. The quantitative estimate of drug-likeness (QED) is 0.0802. The zero-order valence-corrected chi connectivity index (χ0v) is 41.5. The topological polar surface area (TPSA) is 104 Å². The lowest BCUT2D eigenvalue weighted by Gasteiger charge is -2.50. The van der Waals surface area contributed by atoms with Gasteiger partial charge < -0.3 is 28.6 Å². The minimum atomic E-state index is -3.71. The second-order valence-corrected chi connectivity index (χ2v) is 22.9. The van der Waals surface area contributed by atoms with Crippen LogP contribution in [0, 0.1) is 23.2 Å². The minimum absolute atomic E-state index is 0.0160. The van der Waals surface area contributed by atoms with Gasteiger partial charge in [0.05, 0.1) is 43.9 Å². The Balaban J connectivity index is 1.01. The Labute approximate surface area is 397 Å². The van der Waals surface area contributed by atoms with E-state index in [1.165, 1.54) is 16.7 Å². The lowest BCUT2D eigenvalue weighted by atomic mass is 9.60. The number of fused-ring (bicyclic) bond motifs is 3. The van der Waals surface area contributed by atoms with Crippen LogP contribution in [0.2, 0.25) is 5.02 Å². The smallest absolute Gasteiger partial charge is 0.338 e. The van der Waals surface area contributed by atoms with Crippen molar-refractivity contribution in [1.82, 2.24) is 4.31 Å². The van der Waals surface area contributed by atoms with Gasteiger partial charge in [0.1, 0.15) is 22.8 Å². The number of sulfonamides is 1. The van der Waals surface area contributed by atoms with E-state index in [2.05, 4.69) is 37.0 Å². The first-order valence-electron chi connectivity index (χ1n) is 23.4. The molecule has 0 N–H and O–H groups in total. The molecule has 4 aromatic carbocycles. The van der Waals surface area contributed by atoms with Crippen molar-refractivity contribution in [3.63, 3.8) is 0 Å². The van der Waals surface area contributed by atoms with Gasteiger partial charge in [-0.05, 0) is 165 Å². The lowest BCUT2D eigenvalue weighted by molar-refractivity contribution is -0.00462. The highest BCUT2D eigenvalue weighted by molar-refractivity contribution is 7.89. The van der Waals surface area contributed by atoms with Crippen LogP contribution in [0.15, 0.2) is 96.6 Å². The Hall–Kier alpha value is -4.55. The number of halogens is 1. The number of allylic oxidation sites excluding steroid dienone is 1. The van der Waals surface area contributed by atoms with Gasteiger partial charge in [-0.1, -0.05) is 61.9 Å². The average molecular weight is 940 g/mol. The summed E-state index contributed by atoms with van der Waals surface area (Å²) in [5.74, 6) is 2.34. The van der Waals surface area contributed by atoms with Crippen molar-refractivity contribution >= 4 is 33.3 Å². The number of methoxy groups -OCH3 is 3. The van der Waals surface area contributed by atoms with Crippen LogP contribution in [0.3, 0.4) is 0 Å². The van der Waals surface area contributed by atoms with Gasteiger partial charge in [-0.15, -0.1) is 0 Å². The number of benzene rings is 4. The van der Waals surface area contributed by atoms with E-state index >= 15 is 0 Å². The Bertz CT molecular complexity index is 2470. The molecule has 0 saturated heterocycles. The SMILES string of the molecule is COc1ccc(CN(Cc2ccc(OC)cc2)S(=O)(=O)C[C@@H](C)[C@@]2(C)C=C([C@H](OC)[C@@H]3CC[C@H]3CN3C[C@@]4(CCCc5cc(Cl)ccc54)COc4ccc(C(=O)OC(C)(C)C)cc43)C2)cc1. The molecule has 0 bridgehead atoms. The Morgan fingerprint density at radius 3 is 2.15 bits per heavy atom. The van der Waals surface area contributed by atoms with Crippen LogP contribution in [-0.2, 0) is 44.4 Å². The van der Waals surface area contributed by atoms with Crippen LogP contribution in [0.5, 0.6) is 17.2 Å². The van der Waals surface area contributed by atoms with Gasteiger partial charge in [-0.25, -0.2) is 13.2 Å². The van der Waals surface area contributed by atoms with Gasteiger partial charge in [0.15, 0.2) is 0 Å². The van der Waals surface area contributed by atoms with E-state index in [1.54, 1.807) is 18.5 Å². The molecule has 6 atom stereocenters. The molecule has 0 radical (unpaired) electrons. The third-order valence-electron chi connectivity index (χ3n) is 14.7. The monoisotopic (exact) mass is 938 g/mol. The summed E-state index contributed by atoms with van der Waals surface area (Å²) >= 11 is 6.54. The van der Waals surface area contributed by atoms with Gasteiger partial charge in [0.25, 0.3) is 0 Å². The average Bonchev–Trinajstić information content (AvgIpc) is 3.41. The first kappa shape index (κ1) is 47.9. The standard InChI is InChI=1S/C54H67ClN2O8S/c1-36(33-66(59,60)57(30-37-11-18-44(61-6)19-12-37)31-38-13-20-45(62-7)21-14-38)53(5)28-42(29-53)50(63-8)46-22-15-41(46)32-56-34-54(25-9-10-39-26-43(55)17-23-47(39)54)35-64-49-24-16-40(27-48(49)56)51(58)65-52(2,3)4/h11-14,16-21,23-24,26-28,36,41,46,50H,9-10,15,22,25,29-35H2,1-8H3/t36-,41+,46-,50+,53+,54+/m1/s1. The number of rotatable bonds is 16. The van der Waals surface area contributed by atoms with Crippen molar-refractivity contribution < 1.29 is 36.9 Å². The van der Waals surface area contributed by atoms with Gasteiger partial charge in [-0.2, -0.15) is 4.31 Å². The molecule has 1 spiro atoms.